The fourth-order valence-electron chi connectivity index (χ4n) is 2.44. The van der Waals surface area contributed by atoms with Crippen LogP contribution in [0.25, 0.3) is 16.6 Å². The van der Waals surface area contributed by atoms with E-state index in [2.05, 4.69) is 24.3 Å². The van der Waals surface area contributed by atoms with Crippen LogP contribution in [0.1, 0.15) is 11.3 Å². The molecular formula is C16H12N2. The van der Waals surface area contributed by atoms with Crippen LogP contribution in [0, 0.1) is 18.3 Å². The van der Waals surface area contributed by atoms with E-state index in [0.29, 0.717) is 5.69 Å². The van der Waals surface area contributed by atoms with Gasteiger partial charge < -0.3 is 4.40 Å². The highest BCUT2D eigenvalue weighted by Crippen LogP contribution is 2.32. The summed E-state index contributed by atoms with van der Waals surface area (Å²) in [5.41, 5.74) is 5.13. The summed E-state index contributed by atoms with van der Waals surface area (Å²) in [6.45, 7) is 2.01. The van der Waals surface area contributed by atoms with Crippen molar-refractivity contribution in [3.63, 3.8) is 0 Å². The Balaban J connectivity index is 2.44. The third kappa shape index (κ3) is 1.42. The van der Waals surface area contributed by atoms with Gasteiger partial charge in [0, 0.05) is 11.8 Å². The summed E-state index contributed by atoms with van der Waals surface area (Å²) >= 11 is 0. The Bertz CT molecular complexity index is 746. The fourth-order valence-corrected chi connectivity index (χ4v) is 2.44. The zero-order valence-electron chi connectivity index (χ0n) is 10.1. The molecular weight excluding hydrogens is 220 g/mol. The second-order valence-corrected chi connectivity index (χ2v) is 4.28. The summed E-state index contributed by atoms with van der Waals surface area (Å²) in [6, 6.07) is 18.5. The van der Waals surface area contributed by atoms with Crippen molar-refractivity contribution in [3.8, 4) is 17.2 Å². The summed E-state index contributed by atoms with van der Waals surface area (Å²) in [5.74, 6) is 0. The van der Waals surface area contributed by atoms with Crippen molar-refractivity contribution in [1.82, 2.24) is 4.40 Å². The number of aromatic nitrogens is 1. The van der Waals surface area contributed by atoms with E-state index < -0.39 is 0 Å². The Hall–Kier alpha value is -2.53. The molecule has 3 aromatic rings. The molecule has 0 amide bonds. The van der Waals surface area contributed by atoms with Crippen LogP contribution in [0.2, 0.25) is 0 Å². The molecule has 0 fully saturated rings. The summed E-state index contributed by atoms with van der Waals surface area (Å²) in [7, 11) is 0. The molecule has 2 nitrogen and oxygen atoms in total. The monoisotopic (exact) mass is 232 g/mol. The first-order valence-corrected chi connectivity index (χ1v) is 5.88. The maximum atomic E-state index is 9.31. The molecule has 3 rings (SSSR count). The molecule has 0 spiro atoms. The molecule has 0 atom stereocenters. The third-order valence-corrected chi connectivity index (χ3v) is 3.26. The Labute approximate surface area is 106 Å². The number of nitrogens with zero attached hydrogens (tertiary/aromatic N) is 2. The molecule has 0 bridgehead atoms. The van der Waals surface area contributed by atoms with Crippen LogP contribution in [0.3, 0.4) is 0 Å². The lowest BCUT2D eigenvalue weighted by molar-refractivity contribution is 1.14. The topological polar surface area (TPSA) is 28.2 Å². The van der Waals surface area contributed by atoms with Gasteiger partial charge >= 0.3 is 0 Å². The van der Waals surface area contributed by atoms with Gasteiger partial charge in [-0.1, -0.05) is 36.4 Å². The largest absolute Gasteiger partial charge is 0.307 e. The minimum atomic E-state index is 0.712. The maximum absolute atomic E-state index is 9.31. The molecule has 0 aliphatic carbocycles. The van der Waals surface area contributed by atoms with Crippen molar-refractivity contribution < 1.29 is 0 Å². The van der Waals surface area contributed by atoms with Gasteiger partial charge in [0.1, 0.15) is 11.8 Å². The van der Waals surface area contributed by atoms with Gasteiger partial charge in [-0.05, 0) is 30.2 Å². The van der Waals surface area contributed by atoms with Crippen LogP contribution in [0.15, 0.2) is 54.7 Å². The fraction of sp³-hybridized carbons (Fsp3) is 0.0625. The van der Waals surface area contributed by atoms with E-state index >= 15 is 0 Å². The highest BCUT2D eigenvalue weighted by molar-refractivity contribution is 5.86. The Kier molecular flexibility index (Phi) is 2.39. The molecule has 2 heterocycles. The average molecular weight is 232 g/mol. The SMILES string of the molecule is Cc1c(-c2ccccc2)c2ccccn2c1C#N. The molecule has 0 saturated heterocycles. The Morgan fingerprint density at radius 2 is 1.72 bits per heavy atom. The molecule has 2 heteroatoms. The van der Waals surface area contributed by atoms with E-state index in [4.69, 9.17) is 0 Å². The van der Waals surface area contributed by atoms with E-state index in [1.165, 1.54) is 0 Å². The van der Waals surface area contributed by atoms with Gasteiger partial charge in [0.2, 0.25) is 0 Å². The van der Waals surface area contributed by atoms with Crippen molar-refractivity contribution >= 4 is 5.52 Å². The molecule has 18 heavy (non-hydrogen) atoms. The first kappa shape index (κ1) is 10.6. The van der Waals surface area contributed by atoms with Gasteiger partial charge in [0.15, 0.2) is 0 Å². The third-order valence-electron chi connectivity index (χ3n) is 3.26. The number of rotatable bonds is 1. The highest BCUT2D eigenvalue weighted by atomic mass is 14.9. The lowest BCUT2D eigenvalue weighted by Crippen LogP contribution is -1.86. The predicted octanol–water partition coefficient (Wildman–Crippen LogP) is 3.79. The highest BCUT2D eigenvalue weighted by Gasteiger charge is 2.15. The van der Waals surface area contributed by atoms with E-state index in [0.717, 1.165) is 22.2 Å². The minimum absolute atomic E-state index is 0.712. The molecule has 0 saturated carbocycles. The molecule has 0 radical (unpaired) electrons. The predicted molar refractivity (Wildman–Crippen MR) is 72.3 cm³/mol. The van der Waals surface area contributed by atoms with Crippen LogP contribution in [-0.4, -0.2) is 4.40 Å². The zero-order chi connectivity index (χ0) is 12.5. The van der Waals surface area contributed by atoms with Crippen molar-refractivity contribution in [3.05, 3.63) is 66.0 Å². The van der Waals surface area contributed by atoms with Gasteiger partial charge in [0.05, 0.1) is 5.52 Å². The van der Waals surface area contributed by atoms with E-state index in [9.17, 15) is 5.26 Å². The number of benzene rings is 1. The first-order valence-electron chi connectivity index (χ1n) is 5.88. The molecule has 86 valence electrons. The molecule has 0 aliphatic rings. The second kappa shape index (κ2) is 4.05. The number of nitriles is 1. The normalized spacial score (nSPS) is 10.4. The van der Waals surface area contributed by atoms with E-state index in [1.807, 2.05) is 47.9 Å². The molecule has 0 aliphatic heterocycles. The van der Waals surface area contributed by atoms with Crippen LogP contribution in [0.5, 0.6) is 0 Å². The zero-order valence-corrected chi connectivity index (χ0v) is 10.1. The number of hydrogen-bond acceptors (Lipinski definition) is 1. The van der Waals surface area contributed by atoms with Crippen LogP contribution in [0.4, 0.5) is 0 Å². The lowest BCUT2D eigenvalue weighted by Gasteiger charge is -2.01. The van der Waals surface area contributed by atoms with Crippen molar-refractivity contribution in [2.75, 3.05) is 0 Å². The maximum Gasteiger partial charge on any atom is 0.128 e. The lowest BCUT2D eigenvalue weighted by atomic mass is 10.0. The van der Waals surface area contributed by atoms with E-state index in [-0.39, 0.29) is 0 Å². The molecule has 1 aromatic carbocycles. The average Bonchev–Trinajstić information content (AvgIpc) is 2.71. The van der Waals surface area contributed by atoms with Gasteiger partial charge in [-0.3, -0.25) is 0 Å². The minimum Gasteiger partial charge on any atom is -0.307 e. The molecule has 0 unspecified atom stereocenters. The van der Waals surface area contributed by atoms with Gasteiger partial charge in [-0.25, -0.2) is 0 Å². The first-order chi connectivity index (χ1) is 8.83. The molecule has 2 aromatic heterocycles. The van der Waals surface area contributed by atoms with Gasteiger partial charge in [-0.15, -0.1) is 0 Å². The number of fused-ring (bicyclic) bond motifs is 1. The van der Waals surface area contributed by atoms with Crippen LogP contribution >= 0.6 is 0 Å². The smallest absolute Gasteiger partial charge is 0.128 e. The number of pyridine rings is 1. The van der Waals surface area contributed by atoms with E-state index in [1.54, 1.807) is 0 Å². The van der Waals surface area contributed by atoms with Crippen molar-refractivity contribution in [1.29, 1.82) is 5.26 Å². The standard InChI is InChI=1S/C16H12N2/c1-12-15(11-17)18-10-6-5-9-14(18)16(12)13-7-3-2-4-8-13/h2-10H,1H3. The quantitative estimate of drug-likeness (QED) is 0.627. The Morgan fingerprint density at radius 1 is 1.00 bits per heavy atom. The van der Waals surface area contributed by atoms with Gasteiger partial charge in [0.25, 0.3) is 0 Å². The summed E-state index contributed by atoms with van der Waals surface area (Å²) in [5, 5.41) is 9.31. The summed E-state index contributed by atoms with van der Waals surface area (Å²) in [6.07, 6.45) is 1.94. The second-order valence-electron chi connectivity index (χ2n) is 4.28. The summed E-state index contributed by atoms with van der Waals surface area (Å²) < 4.78 is 1.96. The van der Waals surface area contributed by atoms with Crippen LogP contribution < -0.4 is 0 Å². The number of hydrogen-bond donors (Lipinski definition) is 0. The van der Waals surface area contributed by atoms with Crippen molar-refractivity contribution in [2.45, 2.75) is 6.92 Å². The molecule has 0 N–H and O–H groups in total. The van der Waals surface area contributed by atoms with Crippen LogP contribution in [-0.2, 0) is 0 Å². The Morgan fingerprint density at radius 3 is 2.44 bits per heavy atom. The van der Waals surface area contributed by atoms with Crippen molar-refractivity contribution in [2.24, 2.45) is 0 Å². The summed E-state index contributed by atoms with van der Waals surface area (Å²) in [4.78, 5) is 0. The van der Waals surface area contributed by atoms with Gasteiger partial charge in [-0.2, -0.15) is 5.26 Å².